The van der Waals surface area contributed by atoms with Gasteiger partial charge in [-0.15, -0.1) is 0 Å². The van der Waals surface area contributed by atoms with E-state index >= 15 is 0 Å². The highest BCUT2D eigenvalue weighted by Gasteiger charge is 2.21. The van der Waals surface area contributed by atoms with Crippen molar-refractivity contribution in [2.75, 3.05) is 31.4 Å². The van der Waals surface area contributed by atoms with Gasteiger partial charge in [-0.3, -0.25) is 28.7 Å². The van der Waals surface area contributed by atoms with Gasteiger partial charge in [-0.1, -0.05) is 30.3 Å². The van der Waals surface area contributed by atoms with Gasteiger partial charge in [-0.05, 0) is 69.9 Å². The van der Waals surface area contributed by atoms with E-state index in [9.17, 15) is 14.4 Å². The largest absolute Gasteiger partial charge is 0.493 e. The van der Waals surface area contributed by atoms with Crippen LogP contribution in [0.2, 0.25) is 0 Å². The lowest BCUT2D eigenvalue weighted by Gasteiger charge is -2.22. The normalized spacial score (nSPS) is 11.2. The number of hydrogen-bond acceptors (Lipinski definition) is 10. The molecule has 13 nitrogen and oxygen atoms in total. The lowest BCUT2D eigenvalue weighted by molar-refractivity contribution is 0.0997. The fourth-order valence-electron chi connectivity index (χ4n) is 6.04. The Morgan fingerprint density at radius 1 is 0.852 bits per heavy atom. The second-order valence-electron chi connectivity index (χ2n) is 12.3. The van der Waals surface area contributed by atoms with Crippen LogP contribution in [0.25, 0.3) is 16.6 Å². The quantitative estimate of drug-likeness (QED) is 0.128. The fraction of sp³-hybridized carbons (Fsp3) is 0.150. The van der Waals surface area contributed by atoms with Gasteiger partial charge in [0.2, 0.25) is 0 Å². The number of imidazole rings is 1. The molecule has 0 atom stereocenters. The fourth-order valence-corrected chi connectivity index (χ4v) is 6.34. The molecule has 2 N–H and O–H groups in total. The third-order valence-electron chi connectivity index (χ3n) is 8.76. The molecule has 0 aliphatic heterocycles. The van der Waals surface area contributed by atoms with Gasteiger partial charge in [0.15, 0.2) is 28.3 Å². The number of carbonyl (C=O) groups excluding carboxylic acids is 2. The van der Waals surface area contributed by atoms with E-state index in [1.54, 1.807) is 36.7 Å². The smallest absolute Gasteiger partial charge is 0.291 e. The molecule has 3 aromatic carbocycles. The molecule has 7 aromatic rings. The molecule has 0 bridgehead atoms. The zero-order valence-corrected chi connectivity index (χ0v) is 30.9. The summed E-state index contributed by atoms with van der Waals surface area (Å²) in [7, 11) is 2.90. The van der Waals surface area contributed by atoms with Crippen LogP contribution in [0.4, 0.5) is 11.4 Å². The number of anilines is 2. The number of benzene rings is 3. The van der Waals surface area contributed by atoms with Crippen LogP contribution in [0, 0.1) is 0 Å². The Hall–Kier alpha value is -6.38. The van der Waals surface area contributed by atoms with Crippen molar-refractivity contribution in [1.82, 2.24) is 24.3 Å². The molecule has 0 radical (unpaired) electrons. The maximum atomic E-state index is 13.7. The van der Waals surface area contributed by atoms with Crippen molar-refractivity contribution in [3.8, 4) is 11.5 Å². The molecule has 0 spiro atoms. The molecule has 0 saturated heterocycles. The zero-order valence-electron chi connectivity index (χ0n) is 29.3. The van der Waals surface area contributed by atoms with Crippen LogP contribution < -0.4 is 25.5 Å². The van der Waals surface area contributed by atoms with Crippen molar-refractivity contribution >= 4 is 55.7 Å². The number of para-hydroxylation sites is 1. The summed E-state index contributed by atoms with van der Waals surface area (Å²) in [6.45, 7) is 2.09. The van der Waals surface area contributed by atoms with Crippen LogP contribution >= 0.6 is 15.9 Å². The molecule has 7 rings (SSSR count). The molecule has 0 aliphatic rings. The number of amides is 2. The summed E-state index contributed by atoms with van der Waals surface area (Å²) in [5.41, 5.74) is 4.66. The number of pyridine rings is 1. The van der Waals surface area contributed by atoms with Crippen molar-refractivity contribution < 1.29 is 23.5 Å². The van der Waals surface area contributed by atoms with Gasteiger partial charge in [0.1, 0.15) is 10.2 Å². The highest BCUT2D eigenvalue weighted by molar-refractivity contribution is 9.10. The average molecular weight is 789 g/mol. The number of carbonyl (C=O) groups is 2. The summed E-state index contributed by atoms with van der Waals surface area (Å²) in [5, 5.41) is 5.97. The molecule has 0 aliphatic carbocycles. The van der Waals surface area contributed by atoms with E-state index in [0.29, 0.717) is 24.2 Å². The molecule has 272 valence electrons. The second kappa shape index (κ2) is 16.1. The number of methoxy groups -OCH3 is 2. The summed E-state index contributed by atoms with van der Waals surface area (Å²) in [6, 6.07) is 22.3. The Balaban J connectivity index is 1.06. The molecular weight excluding hydrogens is 754 g/mol. The maximum Gasteiger partial charge on any atom is 0.291 e. The van der Waals surface area contributed by atoms with E-state index in [4.69, 9.17) is 13.9 Å². The molecule has 4 heterocycles. The highest BCUT2D eigenvalue weighted by atomic mass is 79.9. The summed E-state index contributed by atoms with van der Waals surface area (Å²) in [4.78, 5) is 55.2. The van der Waals surface area contributed by atoms with Crippen LogP contribution in [-0.2, 0) is 19.5 Å². The number of ether oxygens (including phenoxy) is 2. The minimum absolute atomic E-state index is 0.106. The van der Waals surface area contributed by atoms with Gasteiger partial charge in [0.05, 0.1) is 48.9 Å². The van der Waals surface area contributed by atoms with Crippen LogP contribution in [0.15, 0.2) is 124 Å². The maximum absolute atomic E-state index is 13.7. The second-order valence-corrected chi connectivity index (χ2v) is 13.2. The lowest BCUT2D eigenvalue weighted by Crippen LogP contribution is -2.26. The summed E-state index contributed by atoms with van der Waals surface area (Å²) >= 11 is 3.46. The van der Waals surface area contributed by atoms with Crippen molar-refractivity contribution in [2.24, 2.45) is 0 Å². The molecule has 54 heavy (non-hydrogen) atoms. The lowest BCUT2D eigenvalue weighted by atomic mass is 10.1. The first kappa shape index (κ1) is 36.0. The Labute approximate surface area is 317 Å². The monoisotopic (exact) mass is 787 g/mol. The summed E-state index contributed by atoms with van der Waals surface area (Å²) in [5.74, 6) is -0.850. The first-order valence-electron chi connectivity index (χ1n) is 16.9. The number of nitrogens with zero attached hydrogens (tertiary/aromatic N) is 5. The van der Waals surface area contributed by atoms with Crippen LogP contribution in [-0.4, -0.2) is 56.8 Å². The summed E-state index contributed by atoms with van der Waals surface area (Å²) in [6.07, 6.45) is 9.89. The molecular formula is C40H34BrN7O6. The third kappa shape index (κ3) is 8.14. The molecule has 2 amide bonds. The van der Waals surface area contributed by atoms with Crippen molar-refractivity contribution in [3.05, 3.63) is 153 Å². The topological polar surface area (TPSA) is 153 Å². The SMILES string of the molecule is COc1cc(NC(=O)c2cc(=O)c3ccccc3o2)c(C(=O)Nc2ccc(CCN(Cc3cccnc3)Cc3cnc4cnc(Br)cn34)cc2)cc1OC. The molecule has 14 heteroatoms. The molecule has 0 unspecified atom stereocenters. The first-order chi connectivity index (χ1) is 26.3. The van der Waals surface area contributed by atoms with E-state index in [1.807, 2.05) is 53.3 Å². The van der Waals surface area contributed by atoms with Gasteiger partial charge in [-0.2, -0.15) is 0 Å². The Kier molecular flexibility index (Phi) is 10.7. The summed E-state index contributed by atoms with van der Waals surface area (Å²) < 4.78 is 19.4. The van der Waals surface area contributed by atoms with E-state index < -0.39 is 11.8 Å². The Morgan fingerprint density at radius 2 is 1.65 bits per heavy atom. The first-order valence-corrected chi connectivity index (χ1v) is 17.7. The third-order valence-corrected chi connectivity index (χ3v) is 9.17. The number of nitrogens with one attached hydrogen (secondary N) is 2. The van der Waals surface area contributed by atoms with Crippen molar-refractivity contribution in [3.63, 3.8) is 0 Å². The van der Waals surface area contributed by atoms with Gasteiger partial charge in [0, 0.05) is 56.0 Å². The predicted molar refractivity (Wildman–Crippen MR) is 207 cm³/mol. The van der Waals surface area contributed by atoms with Gasteiger partial charge in [-0.25, -0.2) is 9.97 Å². The van der Waals surface area contributed by atoms with Crippen LogP contribution in [0.1, 0.15) is 37.7 Å². The van der Waals surface area contributed by atoms with E-state index in [2.05, 4.69) is 52.5 Å². The Morgan fingerprint density at radius 3 is 2.43 bits per heavy atom. The standard InChI is InChI=1S/C40H34BrN7O6/c1-52-34-16-30(31(17-35(34)53-2)46-40(51)36-18-32(49)29-7-3-4-8-33(29)54-36)39(50)45-27-11-9-25(10-12-27)13-15-47(22-26-6-5-14-42-19-26)23-28-20-44-38-21-43-37(41)24-48(28)38/h3-12,14,16-21,24H,13,15,22-23H2,1-2H3,(H,45,50)(H,46,51). The number of aromatic nitrogens is 4. The number of halogens is 1. The van der Waals surface area contributed by atoms with E-state index in [1.165, 1.54) is 26.4 Å². The van der Waals surface area contributed by atoms with Crippen LogP contribution in [0.3, 0.4) is 0 Å². The minimum atomic E-state index is -0.715. The van der Waals surface area contributed by atoms with Crippen molar-refractivity contribution in [2.45, 2.75) is 19.5 Å². The Bertz CT molecular complexity index is 2520. The van der Waals surface area contributed by atoms with Gasteiger partial charge in [0.25, 0.3) is 11.8 Å². The van der Waals surface area contributed by atoms with Crippen LogP contribution in [0.5, 0.6) is 11.5 Å². The number of hydrogen-bond donors (Lipinski definition) is 2. The number of fused-ring (bicyclic) bond motifs is 2. The average Bonchev–Trinajstić information content (AvgIpc) is 3.58. The van der Waals surface area contributed by atoms with Crippen molar-refractivity contribution in [1.29, 1.82) is 0 Å². The minimum Gasteiger partial charge on any atom is -0.493 e. The van der Waals surface area contributed by atoms with E-state index in [-0.39, 0.29) is 39.5 Å². The van der Waals surface area contributed by atoms with E-state index in [0.717, 1.165) is 46.1 Å². The number of rotatable bonds is 13. The molecule has 0 fully saturated rings. The van der Waals surface area contributed by atoms with Gasteiger partial charge < -0.3 is 24.5 Å². The molecule has 0 saturated carbocycles. The molecule has 4 aromatic heterocycles. The van der Waals surface area contributed by atoms with Gasteiger partial charge >= 0.3 is 0 Å². The zero-order chi connectivity index (χ0) is 37.6. The highest BCUT2D eigenvalue weighted by Crippen LogP contribution is 2.34. The predicted octanol–water partition coefficient (Wildman–Crippen LogP) is 6.76.